The molecular weight excluding hydrogens is 688 g/mol. The Hall–Kier alpha value is -4.45. The van der Waals surface area contributed by atoms with Crippen molar-refractivity contribution in [2.75, 3.05) is 48.1 Å². The van der Waals surface area contributed by atoms with Crippen LogP contribution in [0.5, 0.6) is 11.5 Å². The molecule has 4 fully saturated rings. The van der Waals surface area contributed by atoms with Gasteiger partial charge in [-0.05, 0) is 73.4 Å². The van der Waals surface area contributed by atoms with E-state index in [9.17, 15) is 28.7 Å². The third kappa shape index (κ3) is 4.56. The van der Waals surface area contributed by atoms with Gasteiger partial charge in [0.25, 0.3) is 11.8 Å². The molecular formula is C37H32Cl2FN3O7. The van der Waals surface area contributed by atoms with Crippen molar-refractivity contribution < 1.29 is 38.1 Å². The zero-order valence-corrected chi connectivity index (χ0v) is 28.4. The number of aromatic hydroxyl groups is 1. The van der Waals surface area contributed by atoms with Crippen LogP contribution in [-0.2, 0) is 23.9 Å². The van der Waals surface area contributed by atoms with Gasteiger partial charge >= 0.3 is 0 Å². The van der Waals surface area contributed by atoms with Crippen LogP contribution < -0.4 is 19.4 Å². The second kappa shape index (κ2) is 11.8. The van der Waals surface area contributed by atoms with E-state index in [4.69, 9.17) is 32.7 Å². The predicted molar refractivity (Wildman–Crippen MR) is 183 cm³/mol. The Morgan fingerprint density at radius 1 is 0.840 bits per heavy atom. The van der Waals surface area contributed by atoms with Gasteiger partial charge in [-0.2, -0.15) is 0 Å². The largest absolute Gasteiger partial charge is 0.508 e. The van der Waals surface area contributed by atoms with E-state index in [1.807, 2.05) is 18.2 Å². The zero-order valence-electron chi connectivity index (χ0n) is 26.9. The molecule has 13 heteroatoms. The Morgan fingerprint density at radius 2 is 1.48 bits per heavy atom. The summed E-state index contributed by atoms with van der Waals surface area (Å²) in [4.78, 5) is 57.5. The number of imide groups is 2. The number of benzene rings is 3. The minimum absolute atomic E-state index is 0.0842. The van der Waals surface area contributed by atoms with E-state index >= 15 is 0 Å². The van der Waals surface area contributed by atoms with Crippen molar-refractivity contribution in [3.05, 3.63) is 89.8 Å². The van der Waals surface area contributed by atoms with Crippen molar-refractivity contribution in [2.24, 2.45) is 17.8 Å². The highest BCUT2D eigenvalue weighted by Gasteiger charge is 2.77. The molecule has 3 aliphatic heterocycles. The lowest BCUT2D eigenvalue weighted by atomic mass is 9.56. The molecule has 6 atom stereocenters. The lowest BCUT2D eigenvalue weighted by Crippen LogP contribution is -2.60. The number of phenols is 1. The van der Waals surface area contributed by atoms with Gasteiger partial charge in [-0.1, -0.05) is 17.7 Å². The van der Waals surface area contributed by atoms with Crippen LogP contribution in [0, 0.1) is 23.6 Å². The molecule has 0 aromatic heterocycles. The van der Waals surface area contributed by atoms with Crippen molar-refractivity contribution in [1.29, 1.82) is 0 Å². The third-order valence-electron chi connectivity index (χ3n) is 10.9. The van der Waals surface area contributed by atoms with Crippen LogP contribution in [0.15, 0.2) is 78.4 Å². The summed E-state index contributed by atoms with van der Waals surface area (Å²) in [7, 11) is 1.40. The van der Waals surface area contributed by atoms with E-state index in [0.29, 0.717) is 30.0 Å². The van der Waals surface area contributed by atoms with Gasteiger partial charge in [-0.15, -0.1) is 23.2 Å². The predicted octanol–water partition coefficient (Wildman–Crippen LogP) is 5.14. The number of halogens is 3. The molecule has 10 nitrogen and oxygen atoms in total. The van der Waals surface area contributed by atoms with Gasteiger partial charge in [0.05, 0.1) is 43.5 Å². The highest BCUT2D eigenvalue weighted by Crippen LogP contribution is 2.66. The first-order chi connectivity index (χ1) is 24.0. The third-order valence-corrected chi connectivity index (χ3v) is 12.3. The van der Waals surface area contributed by atoms with Crippen LogP contribution in [0.2, 0.25) is 0 Å². The van der Waals surface area contributed by atoms with E-state index in [-0.39, 0.29) is 35.9 Å². The van der Waals surface area contributed by atoms with E-state index < -0.39 is 57.0 Å². The fraction of sp³-hybridized carbons (Fsp3) is 0.351. The summed E-state index contributed by atoms with van der Waals surface area (Å²) in [5.74, 6) is -6.41. The normalized spacial score (nSPS) is 30.6. The van der Waals surface area contributed by atoms with Crippen LogP contribution in [-0.4, -0.2) is 71.9 Å². The highest BCUT2D eigenvalue weighted by molar-refractivity contribution is 6.58. The van der Waals surface area contributed by atoms with Gasteiger partial charge < -0.3 is 19.5 Å². The number of anilines is 3. The quantitative estimate of drug-likeness (QED) is 0.219. The monoisotopic (exact) mass is 719 g/mol. The Balaban J connectivity index is 1.23. The van der Waals surface area contributed by atoms with Crippen molar-refractivity contribution in [1.82, 2.24) is 0 Å². The van der Waals surface area contributed by atoms with Crippen molar-refractivity contribution >= 4 is 63.9 Å². The lowest BCUT2D eigenvalue weighted by Gasteiger charge is -2.50. The van der Waals surface area contributed by atoms with E-state index in [1.165, 1.54) is 36.3 Å². The Labute approximate surface area is 296 Å². The zero-order chi connectivity index (χ0) is 35.1. The molecule has 1 N–H and O–H groups in total. The number of fused-ring (bicyclic) bond motifs is 4. The molecule has 0 radical (unpaired) electrons. The first-order valence-electron chi connectivity index (χ1n) is 16.4. The summed E-state index contributed by atoms with van der Waals surface area (Å²) in [5.41, 5.74) is 2.42. The Kier molecular flexibility index (Phi) is 7.74. The molecule has 3 saturated heterocycles. The smallest absolute Gasteiger partial charge is 0.258 e. The Bertz CT molecular complexity index is 1970. The number of phenolic OH excluding ortho intramolecular Hbond substituents is 1. The number of alkyl halides is 2. The molecule has 4 amide bonds. The molecule has 3 aromatic carbocycles. The SMILES string of the molecule is COc1cc(O)ccc1C1C2=CCC3C(=O)N(c4ccc(N5CCOCC5)cc4)C(=O)C3C2CC2(Cl)C(=O)N(c3ccc(F)cc3)C(=O)C12Cl. The molecule has 50 heavy (non-hydrogen) atoms. The van der Waals surface area contributed by atoms with Crippen molar-refractivity contribution in [3.63, 3.8) is 0 Å². The summed E-state index contributed by atoms with van der Waals surface area (Å²) < 4.78 is 25.0. The molecule has 6 unspecified atom stereocenters. The molecule has 8 rings (SSSR count). The number of hydrogen-bond donors (Lipinski definition) is 1. The fourth-order valence-corrected chi connectivity index (χ4v) is 9.50. The summed E-state index contributed by atoms with van der Waals surface area (Å²) >= 11 is 14.9. The molecule has 2 aliphatic carbocycles. The number of amides is 4. The number of allylic oxidation sites excluding steroid dienone is 2. The molecule has 1 saturated carbocycles. The number of ether oxygens (including phenoxy) is 2. The summed E-state index contributed by atoms with van der Waals surface area (Å²) in [6, 6.07) is 16.4. The first kappa shape index (κ1) is 32.7. The van der Waals surface area contributed by atoms with Gasteiger partial charge in [0, 0.05) is 36.3 Å². The van der Waals surface area contributed by atoms with Crippen LogP contribution in [0.25, 0.3) is 0 Å². The lowest BCUT2D eigenvalue weighted by molar-refractivity contribution is -0.125. The fourth-order valence-electron chi connectivity index (χ4n) is 8.57. The molecule has 5 aliphatic rings. The maximum atomic E-state index is 14.5. The summed E-state index contributed by atoms with van der Waals surface area (Å²) in [5, 5.41) is 10.3. The maximum absolute atomic E-state index is 14.5. The first-order valence-corrected chi connectivity index (χ1v) is 17.1. The number of nitrogens with zero attached hydrogens (tertiary/aromatic N) is 3. The van der Waals surface area contributed by atoms with E-state index in [1.54, 1.807) is 18.2 Å². The maximum Gasteiger partial charge on any atom is 0.258 e. The Morgan fingerprint density at radius 3 is 2.16 bits per heavy atom. The number of carbonyl (C=O) groups is 4. The minimum Gasteiger partial charge on any atom is -0.508 e. The molecule has 3 heterocycles. The number of hydrogen-bond acceptors (Lipinski definition) is 8. The number of rotatable bonds is 5. The van der Waals surface area contributed by atoms with Gasteiger partial charge in [0.2, 0.25) is 11.8 Å². The number of carbonyl (C=O) groups excluding carboxylic acids is 4. The number of methoxy groups -OCH3 is 1. The summed E-state index contributed by atoms with van der Waals surface area (Å²) in [6.45, 7) is 2.69. The van der Waals surface area contributed by atoms with Crippen molar-refractivity contribution in [3.8, 4) is 11.5 Å². The molecule has 0 bridgehead atoms. The van der Waals surface area contributed by atoms with Crippen LogP contribution in [0.4, 0.5) is 21.5 Å². The molecule has 3 aromatic rings. The van der Waals surface area contributed by atoms with Gasteiger partial charge in [0.1, 0.15) is 17.3 Å². The van der Waals surface area contributed by atoms with Crippen LogP contribution in [0.1, 0.15) is 24.3 Å². The second-order valence-corrected chi connectivity index (χ2v) is 14.5. The van der Waals surface area contributed by atoms with E-state index in [2.05, 4.69) is 4.90 Å². The highest BCUT2D eigenvalue weighted by atomic mass is 35.5. The van der Waals surface area contributed by atoms with Crippen molar-refractivity contribution in [2.45, 2.75) is 28.5 Å². The topological polar surface area (TPSA) is 117 Å². The van der Waals surface area contributed by atoms with Gasteiger partial charge in [0.15, 0.2) is 9.75 Å². The standard InChI is InChI=1S/C37H32Cl2FN3O7/c1-49-29-18-24(44)10-11-26(29)31-25-12-13-27-30(33(46)42(32(27)45)22-8-6-21(7-9-22)41-14-16-50-17-15-41)28(25)19-36(38)34(47)43(35(48)37(31,36)39)23-4-2-20(40)3-5-23/h2-12,18,27-28,30-31,44H,13-17,19H2,1H3. The molecule has 0 spiro atoms. The number of morpholine rings is 1. The van der Waals surface area contributed by atoms with E-state index in [0.717, 1.165) is 35.8 Å². The molecule has 258 valence electrons. The van der Waals surface area contributed by atoms with Gasteiger partial charge in [-0.3, -0.25) is 24.1 Å². The van der Waals surface area contributed by atoms with Gasteiger partial charge in [-0.25, -0.2) is 9.29 Å². The van der Waals surface area contributed by atoms with Crippen LogP contribution in [0.3, 0.4) is 0 Å². The average Bonchev–Trinajstić information content (AvgIpc) is 3.47. The average molecular weight is 721 g/mol. The summed E-state index contributed by atoms with van der Waals surface area (Å²) in [6.07, 6.45) is 1.80. The van der Waals surface area contributed by atoms with Crippen LogP contribution >= 0.6 is 23.2 Å². The minimum atomic E-state index is -2.12. The second-order valence-electron chi connectivity index (χ2n) is 13.3.